The molecule has 0 radical (unpaired) electrons. The average Bonchev–Trinajstić information content (AvgIpc) is 3.69. The number of carbonyl (C=O) groups is 3. The van der Waals surface area contributed by atoms with Gasteiger partial charge in [0.2, 0.25) is 0 Å². The van der Waals surface area contributed by atoms with Gasteiger partial charge in [-0.3, -0.25) is 14.4 Å². The van der Waals surface area contributed by atoms with Crippen LogP contribution in [-0.4, -0.2) is 98.8 Å². The lowest BCUT2D eigenvalue weighted by atomic mass is 9.79. The van der Waals surface area contributed by atoms with E-state index >= 15 is 0 Å². The first kappa shape index (κ1) is 57.2. The number of unbranched alkanes of at least 4 members (excludes halogenated alkanes) is 20. The summed E-state index contributed by atoms with van der Waals surface area (Å²) in [6, 6.07) is 0. The fraction of sp³-hybridized carbons (Fsp3) is 0.940. The predicted octanol–water partition coefficient (Wildman–Crippen LogP) is 12.4. The van der Waals surface area contributed by atoms with Crippen LogP contribution in [0.5, 0.6) is 0 Å². The van der Waals surface area contributed by atoms with E-state index in [1.807, 2.05) is 7.05 Å². The van der Waals surface area contributed by atoms with Crippen molar-refractivity contribution in [3.05, 3.63) is 0 Å². The molecular weight excluding hydrogens is 775 g/mol. The van der Waals surface area contributed by atoms with Crippen LogP contribution in [0.4, 0.5) is 0 Å². The van der Waals surface area contributed by atoms with Gasteiger partial charge in [-0.25, -0.2) is 0 Å². The van der Waals surface area contributed by atoms with Crippen LogP contribution in [-0.2, 0) is 38.1 Å². The summed E-state index contributed by atoms with van der Waals surface area (Å²) in [6.07, 6.45) is 26.8. The van der Waals surface area contributed by atoms with Gasteiger partial charge in [0.25, 0.3) is 0 Å². The normalized spacial score (nSPS) is 16.1. The Hall–Kier alpha value is -1.79. The first-order valence-corrected chi connectivity index (χ1v) is 25.4. The molecule has 0 aliphatic carbocycles. The van der Waals surface area contributed by atoms with E-state index in [0.717, 1.165) is 83.6 Å². The molecule has 0 amide bonds. The van der Waals surface area contributed by atoms with Crippen molar-refractivity contribution in [1.29, 1.82) is 0 Å². The van der Waals surface area contributed by atoms with E-state index in [0.29, 0.717) is 45.8 Å². The third-order valence-corrected chi connectivity index (χ3v) is 12.5. The highest BCUT2D eigenvalue weighted by atomic mass is 16.7. The Bertz CT molecular complexity index is 1030. The monoisotopic (exact) mass is 870 g/mol. The number of rotatable bonds is 45. The molecule has 3 unspecified atom stereocenters. The zero-order chi connectivity index (χ0) is 44.8. The Morgan fingerprint density at radius 3 is 1.38 bits per heavy atom. The minimum absolute atomic E-state index is 0.00888. The zero-order valence-corrected chi connectivity index (χ0v) is 40.1. The molecule has 0 aromatic heterocycles. The summed E-state index contributed by atoms with van der Waals surface area (Å²) >= 11 is 0. The number of ether oxygens (including phenoxy) is 5. The van der Waals surface area contributed by atoms with Crippen molar-refractivity contribution >= 4 is 17.9 Å². The molecule has 0 bridgehead atoms. The molecule has 61 heavy (non-hydrogen) atoms. The molecule has 1 fully saturated rings. The average molecular weight is 870 g/mol. The number of aliphatic carboxylic acids is 2. The van der Waals surface area contributed by atoms with E-state index in [4.69, 9.17) is 23.7 Å². The number of likely N-dealkylation sites (tertiary alicyclic amines) is 1. The number of carbonyl (C=O) groups excluding carboxylic acids is 1. The first-order chi connectivity index (χ1) is 29.6. The van der Waals surface area contributed by atoms with Crippen LogP contribution < -0.4 is 0 Å². The van der Waals surface area contributed by atoms with Crippen molar-refractivity contribution in [3.8, 4) is 0 Å². The van der Waals surface area contributed by atoms with Crippen LogP contribution >= 0.6 is 0 Å². The summed E-state index contributed by atoms with van der Waals surface area (Å²) < 4.78 is 31.0. The molecule has 1 rings (SSSR count). The van der Waals surface area contributed by atoms with E-state index in [9.17, 15) is 24.6 Å². The van der Waals surface area contributed by atoms with Gasteiger partial charge in [-0.15, -0.1) is 0 Å². The lowest BCUT2D eigenvalue weighted by Crippen LogP contribution is -2.42. The van der Waals surface area contributed by atoms with Gasteiger partial charge in [0.1, 0.15) is 12.0 Å². The van der Waals surface area contributed by atoms with E-state index < -0.39 is 35.9 Å². The highest BCUT2D eigenvalue weighted by Crippen LogP contribution is 2.35. The van der Waals surface area contributed by atoms with E-state index in [2.05, 4.69) is 32.6 Å². The second kappa shape index (κ2) is 38.6. The molecule has 0 spiro atoms. The van der Waals surface area contributed by atoms with Crippen LogP contribution in [0.15, 0.2) is 0 Å². The minimum atomic E-state index is -1.52. The summed E-state index contributed by atoms with van der Waals surface area (Å²) in [5.41, 5.74) is -1.52. The Kier molecular flexibility index (Phi) is 36.3. The fourth-order valence-electron chi connectivity index (χ4n) is 8.26. The quantitative estimate of drug-likeness (QED) is 0.0343. The molecule has 1 aliphatic rings. The van der Waals surface area contributed by atoms with Gasteiger partial charge in [-0.2, -0.15) is 0 Å². The largest absolute Gasteiger partial charge is 0.481 e. The molecule has 1 aliphatic heterocycles. The van der Waals surface area contributed by atoms with Crippen molar-refractivity contribution in [3.63, 3.8) is 0 Å². The lowest BCUT2D eigenvalue weighted by molar-refractivity contribution is -0.187. The molecule has 1 heterocycles. The maximum Gasteiger partial charge on any atom is 0.313 e. The van der Waals surface area contributed by atoms with Crippen LogP contribution in [0.1, 0.15) is 220 Å². The third kappa shape index (κ3) is 29.3. The zero-order valence-electron chi connectivity index (χ0n) is 40.1. The Morgan fingerprint density at radius 2 is 1.00 bits per heavy atom. The Balaban J connectivity index is 3.16. The number of esters is 1. The van der Waals surface area contributed by atoms with Gasteiger partial charge in [0, 0.05) is 45.8 Å². The summed E-state index contributed by atoms with van der Waals surface area (Å²) in [5, 5.41) is 21.5. The van der Waals surface area contributed by atoms with Gasteiger partial charge in [-0.05, 0) is 58.5 Å². The molecule has 0 aromatic rings. The van der Waals surface area contributed by atoms with Crippen molar-refractivity contribution < 1.29 is 48.3 Å². The fourth-order valence-corrected chi connectivity index (χ4v) is 8.26. The molecule has 2 N–H and O–H groups in total. The van der Waals surface area contributed by atoms with Crippen molar-refractivity contribution in [2.75, 3.05) is 53.2 Å². The number of carboxylic acid groups (broad SMARTS) is 2. The molecule has 11 nitrogen and oxygen atoms in total. The van der Waals surface area contributed by atoms with Crippen LogP contribution in [0.25, 0.3) is 0 Å². The Labute approximate surface area is 373 Å². The van der Waals surface area contributed by atoms with Crippen molar-refractivity contribution in [2.45, 2.75) is 233 Å². The van der Waals surface area contributed by atoms with E-state index in [1.165, 1.54) is 77.0 Å². The highest BCUT2D eigenvalue weighted by Gasteiger charge is 2.44. The summed E-state index contributed by atoms with van der Waals surface area (Å²) in [4.78, 5) is 41.6. The van der Waals surface area contributed by atoms with Crippen LogP contribution in [0.3, 0.4) is 0 Å². The Morgan fingerprint density at radius 1 is 0.590 bits per heavy atom. The molecule has 0 saturated carbocycles. The van der Waals surface area contributed by atoms with Crippen molar-refractivity contribution in [2.24, 2.45) is 17.3 Å². The predicted molar refractivity (Wildman–Crippen MR) is 246 cm³/mol. The minimum Gasteiger partial charge on any atom is -0.481 e. The third-order valence-electron chi connectivity index (χ3n) is 12.5. The standard InChI is InChI=1S/C50H95NO10/c1-6-10-14-18-22-26-35-57-45(58-36-27-23-19-15-11-7-2)39-43(47(52)53)31-30-33-50(49(55)56,42-61-48(54)44-32-34-51(5)41-44)40-46(59-37-28-24-20-16-12-8-3)60-38-29-25-21-17-13-9-4/h43-46H,6-42H2,1-5H3,(H,52,53)(H,55,56). The maximum absolute atomic E-state index is 13.5. The SMILES string of the molecule is CCCCCCCCOC(CC(CCCC(COC(=O)C1CCN(C)C1)(CC(OCCCCCCCC)OCCCCCCCC)C(=O)O)C(=O)O)OCCCCCCCC. The smallest absolute Gasteiger partial charge is 0.313 e. The first-order valence-electron chi connectivity index (χ1n) is 25.4. The van der Waals surface area contributed by atoms with E-state index in [1.54, 1.807) is 0 Å². The number of carboxylic acids is 2. The molecule has 3 atom stereocenters. The summed E-state index contributed by atoms with van der Waals surface area (Å²) in [5.74, 6) is -3.51. The van der Waals surface area contributed by atoms with Gasteiger partial charge >= 0.3 is 17.9 Å². The summed E-state index contributed by atoms with van der Waals surface area (Å²) in [7, 11) is 1.96. The van der Waals surface area contributed by atoms with Crippen molar-refractivity contribution in [1.82, 2.24) is 4.90 Å². The summed E-state index contributed by atoms with van der Waals surface area (Å²) in [6.45, 7) is 11.8. The lowest BCUT2D eigenvalue weighted by Gasteiger charge is -2.33. The van der Waals surface area contributed by atoms with Gasteiger partial charge in [-0.1, -0.05) is 163 Å². The van der Waals surface area contributed by atoms with Crippen LogP contribution in [0, 0.1) is 17.3 Å². The molecular formula is C50H95NO10. The molecule has 11 heteroatoms. The molecule has 0 aromatic carbocycles. The van der Waals surface area contributed by atoms with E-state index in [-0.39, 0.29) is 44.2 Å². The van der Waals surface area contributed by atoms with Gasteiger partial charge < -0.3 is 38.8 Å². The number of hydrogen-bond acceptors (Lipinski definition) is 9. The second-order valence-corrected chi connectivity index (χ2v) is 18.2. The molecule has 360 valence electrons. The topological polar surface area (TPSA) is 141 Å². The number of hydrogen-bond donors (Lipinski definition) is 2. The second-order valence-electron chi connectivity index (χ2n) is 18.2. The maximum atomic E-state index is 13.5. The highest BCUT2D eigenvalue weighted by molar-refractivity contribution is 5.77. The molecule has 1 saturated heterocycles. The van der Waals surface area contributed by atoms with Crippen LogP contribution in [0.2, 0.25) is 0 Å². The van der Waals surface area contributed by atoms with Gasteiger partial charge in [0.15, 0.2) is 12.6 Å². The number of nitrogens with zero attached hydrogens (tertiary/aromatic N) is 1. The van der Waals surface area contributed by atoms with Gasteiger partial charge in [0.05, 0.1) is 11.8 Å².